The number of hydrogen-bond donors (Lipinski definition) is 2. The fourth-order valence-corrected chi connectivity index (χ4v) is 4.25. The van der Waals surface area contributed by atoms with E-state index >= 15 is 0 Å². The van der Waals surface area contributed by atoms with Crippen LogP contribution in [0.5, 0.6) is 0 Å². The van der Waals surface area contributed by atoms with Gasteiger partial charge in [-0.15, -0.1) is 11.3 Å². The highest BCUT2D eigenvalue weighted by atomic mass is 79.9. The molecule has 0 unspecified atom stereocenters. The van der Waals surface area contributed by atoms with Crippen LogP contribution in [0.1, 0.15) is 54.3 Å². The van der Waals surface area contributed by atoms with Gasteiger partial charge in [0, 0.05) is 0 Å². The molecule has 1 aromatic heterocycles. The first kappa shape index (κ1) is 16.5. The van der Waals surface area contributed by atoms with E-state index in [1.807, 2.05) is 6.92 Å². The Balaban J connectivity index is 2.13. The number of carbonyl (C=O) groups excluding carboxylic acids is 1. The highest BCUT2D eigenvalue weighted by Crippen LogP contribution is 2.35. The van der Waals surface area contributed by atoms with Gasteiger partial charge in [-0.25, -0.2) is 4.79 Å². The van der Waals surface area contributed by atoms with Gasteiger partial charge in [0.1, 0.15) is 5.54 Å². The Kier molecular flexibility index (Phi) is 5.09. The van der Waals surface area contributed by atoms with Gasteiger partial charge in [-0.3, -0.25) is 4.79 Å². The number of amides is 1. The van der Waals surface area contributed by atoms with Crippen molar-refractivity contribution in [3.8, 4) is 0 Å². The summed E-state index contributed by atoms with van der Waals surface area (Å²) in [6.45, 7) is 4.04. The SMILES string of the molecule is CCC1CCC(NC(=O)c2cc(C)c(Br)s2)(C(=O)O)CC1. The number of rotatable bonds is 4. The van der Waals surface area contributed by atoms with E-state index in [0.29, 0.717) is 23.6 Å². The molecule has 1 heterocycles. The quantitative estimate of drug-likeness (QED) is 0.838. The number of hydrogen-bond acceptors (Lipinski definition) is 3. The van der Waals surface area contributed by atoms with Gasteiger partial charge in [0.2, 0.25) is 0 Å². The second kappa shape index (κ2) is 6.48. The monoisotopic (exact) mass is 373 g/mol. The Morgan fingerprint density at radius 3 is 2.52 bits per heavy atom. The van der Waals surface area contributed by atoms with E-state index in [-0.39, 0.29) is 5.91 Å². The zero-order chi connectivity index (χ0) is 15.6. The number of carbonyl (C=O) groups is 2. The van der Waals surface area contributed by atoms with Crippen molar-refractivity contribution in [2.75, 3.05) is 0 Å². The lowest BCUT2D eigenvalue weighted by Gasteiger charge is -2.37. The van der Waals surface area contributed by atoms with Gasteiger partial charge in [0.25, 0.3) is 5.91 Å². The van der Waals surface area contributed by atoms with Crippen LogP contribution in [0.3, 0.4) is 0 Å². The molecule has 0 radical (unpaired) electrons. The Hall–Kier alpha value is -0.880. The van der Waals surface area contributed by atoms with Crippen molar-refractivity contribution in [1.29, 1.82) is 0 Å². The number of thiophene rings is 1. The molecule has 1 fully saturated rings. The van der Waals surface area contributed by atoms with E-state index < -0.39 is 11.5 Å². The summed E-state index contributed by atoms with van der Waals surface area (Å²) in [4.78, 5) is 24.6. The van der Waals surface area contributed by atoms with Crippen molar-refractivity contribution < 1.29 is 14.7 Å². The van der Waals surface area contributed by atoms with Crippen LogP contribution in [0.15, 0.2) is 9.85 Å². The van der Waals surface area contributed by atoms with Gasteiger partial charge in [0.05, 0.1) is 8.66 Å². The molecule has 4 nitrogen and oxygen atoms in total. The molecule has 1 aliphatic carbocycles. The molecule has 0 aliphatic heterocycles. The molecule has 2 rings (SSSR count). The van der Waals surface area contributed by atoms with Crippen LogP contribution in [0.25, 0.3) is 0 Å². The van der Waals surface area contributed by atoms with Crippen LogP contribution in [0.4, 0.5) is 0 Å². The third kappa shape index (κ3) is 3.48. The molecule has 0 atom stereocenters. The standard InChI is InChI=1S/C15H20BrNO3S/c1-3-10-4-6-15(7-5-10,14(19)20)17-13(18)11-8-9(2)12(16)21-11/h8,10H,3-7H2,1-2H3,(H,17,18)(H,19,20). The molecule has 1 aromatic rings. The maximum absolute atomic E-state index is 12.4. The van der Waals surface area contributed by atoms with Gasteiger partial charge in [0.15, 0.2) is 0 Å². The Morgan fingerprint density at radius 1 is 1.48 bits per heavy atom. The lowest BCUT2D eigenvalue weighted by Crippen LogP contribution is -2.56. The van der Waals surface area contributed by atoms with Crippen molar-refractivity contribution in [1.82, 2.24) is 5.32 Å². The van der Waals surface area contributed by atoms with Crippen LogP contribution in [0, 0.1) is 12.8 Å². The number of aliphatic carboxylic acids is 1. The van der Waals surface area contributed by atoms with Crippen molar-refractivity contribution in [2.45, 2.75) is 51.5 Å². The molecule has 116 valence electrons. The molecule has 0 aromatic carbocycles. The first-order chi connectivity index (χ1) is 9.88. The molecule has 21 heavy (non-hydrogen) atoms. The van der Waals surface area contributed by atoms with Gasteiger partial charge >= 0.3 is 5.97 Å². The number of carboxylic acid groups (broad SMARTS) is 1. The van der Waals surface area contributed by atoms with E-state index in [1.54, 1.807) is 6.07 Å². The zero-order valence-corrected chi connectivity index (χ0v) is 14.6. The van der Waals surface area contributed by atoms with Crippen molar-refractivity contribution in [2.24, 2.45) is 5.92 Å². The molecule has 0 bridgehead atoms. The number of aryl methyl sites for hydroxylation is 1. The number of nitrogens with one attached hydrogen (secondary N) is 1. The van der Waals surface area contributed by atoms with Crippen LogP contribution in [-0.4, -0.2) is 22.5 Å². The minimum Gasteiger partial charge on any atom is -0.480 e. The van der Waals surface area contributed by atoms with Gasteiger partial charge in [-0.05, 0) is 66.1 Å². The van der Waals surface area contributed by atoms with E-state index in [2.05, 4.69) is 28.2 Å². The summed E-state index contributed by atoms with van der Waals surface area (Å²) in [7, 11) is 0. The number of carboxylic acids is 1. The molecular formula is C15H20BrNO3S. The van der Waals surface area contributed by atoms with Crippen molar-refractivity contribution >= 4 is 39.1 Å². The predicted molar refractivity (Wildman–Crippen MR) is 86.8 cm³/mol. The van der Waals surface area contributed by atoms with E-state index in [1.165, 1.54) is 11.3 Å². The second-order valence-corrected chi connectivity index (χ2v) is 8.13. The van der Waals surface area contributed by atoms with E-state index in [9.17, 15) is 14.7 Å². The first-order valence-electron chi connectivity index (χ1n) is 7.20. The highest BCUT2D eigenvalue weighted by Gasteiger charge is 2.43. The van der Waals surface area contributed by atoms with Crippen LogP contribution < -0.4 is 5.32 Å². The smallest absolute Gasteiger partial charge is 0.329 e. The van der Waals surface area contributed by atoms with Crippen molar-refractivity contribution in [3.63, 3.8) is 0 Å². The van der Waals surface area contributed by atoms with Crippen LogP contribution in [0.2, 0.25) is 0 Å². The Labute approximate surface area is 137 Å². The average Bonchev–Trinajstić information content (AvgIpc) is 2.79. The third-order valence-corrected chi connectivity index (χ3v) is 6.51. The normalized spacial score (nSPS) is 25.6. The summed E-state index contributed by atoms with van der Waals surface area (Å²) in [5.41, 5.74) is -0.114. The average molecular weight is 374 g/mol. The molecule has 2 N–H and O–H groups in total. The lowest BCUT2D eigenvalue weighted by molar-refractivity contribution is -0.146. The molecule has 6 heteroatoms. The minimum atomic E-state index is -1.10. The van der Waals surface area contributed by atoms with Gasteiger partial charge < -0.3 is 10.4 Å². The summed E-state index contributed by atoms with van der Waals surface area (Å²) in [6, 6.07) is 1.79. The van der Waals surface area contributed by atoms with Crippen LogP contribution in [-0.2, 0) is 4.79 Å². The molecule has 0 saturated heterocycles. The highest BCUT2D eigenvalue weighted by molar-refractivity contribution is 9.11. The summed E-state index contributed by atoms with van der Waals surface area (Å²) in [5, 5.41) is 12.4. The summed E-state index contributed by atoms with van der Waals surface area (Å²) < 4.78 is 0.909. The molecular weight excluding hydrogens is 354 g/mol. The lowest BCUT2D eigenvalue weighted by atomic mass is 9.75. The van der Waals surface area contributed by atoms with Gasteiger partial charge in [-0.2, -0.15) is 0 Å². The molecule has 1 aliphatic rings. The summed E-state index contributed by atoms with van der Waals surface area (Å²) in [6.07, 6.45) is 3.81. The topological polar surface area (TPSA) is 66.4 Å². The first-order valence-corrected chi connectivity index (χ1v) is 8.80. The largest absolute Gasteiger partial charge is 0.480 e. The number of halogens is 1. The fraction of sp³-hybridized carbons (Fsp3) is 0.600. The fourth-order valence-electron chi connectivity index (χ4n) is 2.82. The Morgan fingerprint density at radius 2 is 2.10 bits per heavy atom. The second-order valence-electron chi connectivity index (χ2n) is 5.76. The molecule has 1 saturated carbocycles. The van der Waals surface area contributed by atoms with Crippen molar-refractivity contribution in [3.05, 3.63) is 20.3 Å². The van der Waals surface area contributed by atoms with Gasteiger partial charge in [-0.1, -0.05) is 13.3 Å². The maximum atomic E-state index is 12.4. The summed E-state index contributed by atoms with van der Waals surface area (Å²) in [5.74, 6) is -0.628. The van der Waals surface area contributed by atoms with Crippen LogP contribution >= 0.6 is 27.3 Å². The van der Waals surface area contributed by atoms with E-state index in [4.69, 9.17) is 0 Å². The zero-order valence-electron chi connectivity index (χ0n) is 12.2. The molecule has 0 spiro atoms. The predicted octanol–water partition coefficient (Wildman–Crippen LogP) is 3.97. The van der Waals surface area contributed by atoms with E-state index in [0.717, 1.165) is 28.6 Å². The summed E-state index contributed by atoms with van der Waals surface area (Å²) >= 11 is 4.73. The maximum Gasteiger partial charge on any atom is 0.329 e. The molecule has 1 amide bonds. The Bertz CT molecular complexity index is 528. The third-order valence-electron chi connectivity index (χ3n) is 4.38. The minimum absolute atomic E-state index is 0.286.